The summed E-state index contributed by atoms with van der Waals surface area (Å²) in [4.78, 5) is 13.0. The predicted octanol–water partition coefficient (Wildman–Crippen LogP) is 2.68. The van der Waals surface area contributed by atoms with Gasteiger partial charge in [-0.25, -0.2) is 16.8 Å². The van der Waals surface area contributed by atoms with Crippen molar-refractivity contribution in [1.29, 1.82) is 0 Å². The predicted molar refractivity (Wildman–Crippen MR) is 119 cm³/mol. The quantitative estimate of drug-likeness (QED) is 0.664. The molecule has 0 heterocycles. The van der Waals surface area contributed by atoms with Crippen molar-refractivity contribution in [2.24, 2.45) is 0 Å². The van der Waals surface area contributed by atoms with E-state index in [0.29, 0.717) is 11.3 Å². The molecule has 1 N–H and O–H groups in total. The Hall–Kier alpha value is -2.39. The molecule has 30 heavy (non-hydrogen) atoms. The number of sulfone groups is 1. The molecule has 9 heteroatoms. The van der Waals surface area contributed by atoms with Gasteiger partial charge in [-0.1, -0.05) is 31.2 Å². The van der Waals surface area contributed by atoms with Gasteiger partial charge in [0.2, 0.25) is 15.9 Å². The monoisotopic (exact) mass is 452 g/mol. The Morgan fingerprint density at radius 1 is 0.933 bits per heavy atom. The van der Waals surface area contributed by atoms with Crippen LogP contribution in [0.2, 0.25) is 0 Å². The number of aryl methyl sites for hydroxylation is 1. The normalized spacial score (nSPS) is 14.0. The molecular formula is C21H28N2O5S2. The third-order valence-electron chi connectivity index (χ3n) is 4.85. The number of benzene rings is 2. The minimum atomic E-state index is -3.70. The summed E-state index contributed by atoms with van der Waals surface area (Å²) < 4.78 is 49.1. The second kappa shape index (κ2) is 9.18. The zero-order valence-corrected chi connectivity index (χ0v) is 19.4. The molecule has 0 aliphatic carbocycles. The average molecular weight is 453 g/mol. The van der Waals surface area contributed by atoms with Crippen LogP contribution in [0.3, 0.4) is 0 Å². The molecule has 0 spiro atoms. The van der Waals surface area contributed by atoms with Crippen molar-refractivity contribution in [2.45, 2.75) is 44.2 Å². The summed E-state index contributed by atoms with van der Waals surface area (Å²) in [6.07, 6.45) is 3.02. The molecule has 2 aromatic rings. The van der Waals surface area contributed by atoms with Gasteiger partial charge in [-0.3, -0.25) is 9.10 Å². The fourth-order valence-corrected chi connectivity index (χ4v) is 4.91. The summed E-state index contributed by atoms with van der Waals surface area (Å²) in [5, 5.41) is 2.80. The Morgan fingerprint density at radius 3 is 1.90 bits per heavy atom. The highest BCUT2D eigenvalue weighted by Gasteiger charge is 2.29. The van der Waals surface area contributed by atoms with E-state index in [9.17, 15) is 21.6 Å². The molecule has 7 nitrogen and oxygen atoms in total. The standard InChI is InChI=1S/C21H28N2O5S2/c1-6-17-7-11-19(12-8-17)23(30(5,27)28)16(3)21(24)22-15(2)18-9-13-20(14-10-18)29(4,25)26/h7-16H,6H2,1-5H3,(H,22,24)/t15-,16+/m0/s1. The van der Waals surface area contributed by atoms with Crippen molar-refractivity contribution in [2.75, 3.05) is 16.8 Å². The lowest BCUT2D eigenvalue weighted by molar-refractivity contribution is -0.122. The Labute approximate surface area is 179 Å². The van der Waals surface area contributed by atoms with Crippen LogP contribution in [0.4, 0.5) is 5.69 Å². The lowest BCUT2D eigenvalue weighted by Crippen LogP contribution is -2.48. The molecule has 2 atom stereocenters. The molecular weight excluding hydrogens is 424 g/mol. The van der Waals surface area contributed by atoms with Crippen LogP contribution in [0.25, 0.3) is 0 Å². The molecule has 1 amide bonds. The molecule has 0 aromatic heterocycles. The Balaban J connectivity index is 2.22. The number of carbonyl (C=O) groups is 1. The highest BCUT2D eigenvalue weighted by atomic mass is 32.2. The second-order valence-corrected chi connectivity index (χ2v) is 11.2. The number of hydrogen-bond acceptors (Lipinski definition) is 5. The average Bonchev–Trinajstić information content (AvgIpc) is 2.66. The van der Waals surface area contributed by atoms with E-state index in [1.54, 1.807) is 31.2 Å². The molecule has 0 fully saturated rings. The fourth-order valence-electron chi connectivity index (χ4n) is 3.11. The van der Waals surface area contributed by atoms with E-state index in [1.807, 2.05) is 19.1 Å². The minimum Gasteiger partial charge on any atom is -0.348 e. The molecule has 2 aromatic carbocycles. The lowest BCUT2D eigenvalue weighted by Gasteiger charge is -2.29. The van der Waals surface area contributed by atoms with Gasteiger partial charge in [-0.05, 0) is 55.7 Å². The third-order valence-corrected chi connectivity index (χ3v) is 7.22. The van der Waals surface area contributed by atoms with E-state index in [0.717, 1.165) is 28.8 Å². The van der Waals surface area contributed by atoms with Gasteiger partial charge in [0.1, 0.15) is 6.04 Å². The van der Waals surface area contributed by atoms with E-state index in [1.165, 1.54) is 19.1 Å². The SMILES string of the molecule is CCc1ccc(N([C@H](C)C(=O)N[C@@H](C)c2ccc(S(C)(=O)=O)cc2)S(C)(=O)=O)cc1. The van der Waals surface area contributed by atoms with Gasteiger partial charge in [0.25, 0.3) is 0 Å². The fraction of sp³-hybridized carbons (Fsp3) is 0.381. The lowest BCUT2D eigenvalue weighted by atomic mass is 10.1. The third kappa shape index (κ3) is 5.82. The number of anilines is 1. The number of nitrogens with one attached hydrogen (secondary N) is 1. The number of carbonyl (C=O) groups excluding carboxylic acids is 1. The molecule has 0 bridgehead atoms. The number of hydrogen-bond donors (Lipinski definition) is 1. The molecule has 0 radical (unpaired) electrons. The van der Waals surface area contributed by atoms with Crippen LogP contribution in [0.1, 0.15) is 37.9 Å². The maximum Gasteiger partial charge on any atom is 0.244 e. The van der Waals surface area contributed by atoms with Crippen LogP contribution < -0.4 is 9.62 Å². The molecule has 0 saturated carbocycles. The summed E-state index contributed by atoms with van der Waals surface area (Å²) in [6, 6.07) is 11.9. The van der Waals surface area contributed by atoms with Crippen LogP contribution >= 0.6 is 0 Å². The van der Waals surface area contributed by atoms with Gasteiger partial charge in [0.05, 0.1) is 22.9 Å². The number of rotatable bonds is 8. The first-order valence-corrected chi connectivity index (χ1v) is 13.3. The van der Waals surface area contributed by atoms with Gasteiger partial charge in [0.15, 0.2) is 9.84 Å². The molecule has 0 unspecified atom stereocenters. The van der Waals surface area contributed by atoms with Crippen molar-refractivity contribution >= 4 is 31.5 Å². The van der Waals surface area contributed by atoms with Crippen molar-refractivity contribution in [1.82, 2.24) is 5.32 Å². The van der Waals surface area contributed by atoms with Crippen LogP contribution in [0, 0.1) is 0 Å². The minimum absolute atomic E-state index is 0.192. The number of nitrogens with zero attached hydrogens (tertiary/aromatic N) is 1. The van der Waals surface area contributed by atoms with Gasteiger partial charge in [-0.2, -0.15) is 0 Å². The first kappa shape index (κ1) is 23.9. The molecule has 164 valence electrons. The van der Waals surface area contributed by atoms with Crippen LogP contribution in [-0.2, 0) is 31.1 Å². The van der Waals surface area contributed by atoms with Crippen LogP contribution in [0.15, 0.2) is 53.4 Å². The van der Waals surface area contributed by atoms with Crippen molar-refractivity contribution in [3.05, 3.63) is 59.7 Å². The molecule has 0 saturated heterocycles. The highest BCUT2D eigenvalue weighted by Crippen LogP contribution is 2.23. The first-order valence-electron chi connectivity index (χ1n) is 9.53. The maximum atomic E-state index is 12.8. The number of sulfonamides is 1. The molecule has 0 aliphatic rings. The van der Waals surface area contributed by atoms with Gasteiger partial charge in [0, 0.05) is 6.26 Å². The summed E-state index contributed by atoms with van der Waals surface area (Å²) >= 11 is 0. The van der Waals surface area contributed by atoms with E-state index < -0.39 is 37.9 Å². The zero-order valence-electron chi connectivity index (χ0n) is 17.8. The summed E-state index contributed by atoms with van der Waals surface area (Å²) in [7, 11) is -7.00. The van der Waals surface area contributed by atoms with Gasteiger partial charge >= 0.3 is 0 Å². The maximum absolute atomic E-state index is 12.8. The Morgan fingerprint density at radius 2 is 1.47 bits per heavy atom. The first-order chi connectivity index (χ1) is 13.8. The van der Waals surface area contributed by atoms with E-state index in [2.05, 4.69) is 5.32 Å². The van der Waals surface area contributed by atoms with E-state index in [4.69, 9.17) is 0 Å². The van der Waals surface area contributed by atoms with Crippen molar-refractivity contribution in [3.8, 4) is 0 Å². The van der Waals surface area contributed by atoms with E-state index >= 15 is 0 Å². The van der Waals surface area contributed by atoms with Crippen LogP contribution in [-0.4, -0.2) is 41.3 Å². The van der Waals surface area contributed by atoms with Gasteiger partial charge in [-0.15, -0.1) is 0 Å². The van der Waals surface area contributed by atoms with Crippen LogP contribution in [0.5, 0.6) is 0 Å². The Kier molecular flexibility index (Phi) is 7.31. The summed E-state index contributed by atoms with van der Waals surface area (Å²) in [6.45, 7) is 5.29. The summed E-state index contributed by atoms with van der Waals surface area (Å²) in [5.74, 6) is -0.459. The van der Waals surface area contributed by atoms with Crippen molar-refractivity contribution < 1.29 is 21.6 Å². The Bertz CT molecular complexity index is 1090. The molecule has 0 aliphatic heterocycles. The highest BCUT2D eigenvalue weighted by molar-refractivity contribution is 7.92. The molecule has 2 rings (SSSR count). The smallest absolute Gasteiger partial charge is 0.244 e. The van der Waals surface area contributed by atoms with Gasteiger partial charge < -0.3 is 5.32 Å². The summed E-state index contributed by atoms with van der Waals surface area (Å²) in [5.41, 5.74) is 2.19. The number of amides is 1. The topological polar surface area (TPSA) is 101 Å². The zero-order chi connectivity index (χ0) is 22.7. The van der Waals surface area contributed by atoms with E-state index in [-0.39, 0.29) is 4.90 Å². The second-order valence-electron chi connectivity index (χ2n) is 7.33. The largest absolute Gasteiger partial charge is 0.348 e. The van der Waals surface area contributed by atoms with Crippen molar-refractivity contribution in [3.63, 3.8) is 0 Å².